The first-order valence-corrected chi connectivity index (χ1v) is 9.17. The van der Waals surface area contributed by atoms with Crippen LogP contribution in [0, 0.1) is 0 Å². The summed E-state index contributed by atoms with van der Waals surface area (Å²) in [7, 11) is 0. The first-order chi connectivity index (χ1) is 12.2. The number of hydrogen-bond donors (Lipinski definition) is 1. The Labute approximate surface area is 152 Å². The van der Waals surface area contributed by atoms with Crippen LogP contribution in [0.15, 0.2) is 30.5 Å². The Morgan fingerprint density at radius 1 is 1.20 bits per heavy atom. The van der Waals surface area contributed by atoms with Gasteiger partial charge in [-0.05, 0) is 25.8 Å². The average molecular weight is 357 g/mol. The van der Waals surface area contributed by atoms with Gasteiger partial charge < -0.3 is 9.30 Å². The van der Waals surface area contributed by atoms with Crippen molar-refractivity contribution in [1.82, 2.24) is 14.5 Å². The molecule has 1 aromatic carbocycles. The lowest BCUT2D eigenvalue weighted by Gasteiger charge is -2.10. The van der Waals surface area contributed by atoms with Gasteiger partial charge in [0.25, 0.3) is 0 Å². The number of aryl methyl sites for hydroxylation is 1. The summed E-state index contributed by atoms with van der Waals surface area (Å²) < 4.78 is 7.85. The van der Waals surface area contributed by atoms with E-state index in [9.17, 15) is 4.79 Å². The lowest BCUT2D eigenvalue weighted by molar-refractivity contribution is -0.110. The van der Waals surface area contributed by atoms with Gasteiger partial charge in [-0.1, -0.05) is 24.6 Å². The van der Waals surface area contributed by atoms with Crippen LogP contribution >= 0.6 is 12.6 Å². The topological polar surface area (TPSA) is 57.0 Å². The van der Waals surface area contributed by atoms with Crippen molar-refractivity contribution in [2.75, 3.05) is 6.61 Å². The fourth-order valence-electron chi connectivity index (χ4n) is 3.08. The number of nitrogens with zero attached hydrogens (tertiary/aromatic N) is 3. The highest BCUT2D eigenvalue weighted by Gasteiger charge is 2.14. The van der Waals surface area contributed by atoms with E-state index in [4.69, 9.17) is 9.72 Å². The van der Waals surface area contributed by atoms with Crippen LogP contribution in [-0.4, -0.2) is 26.3 Å². The zero-order chi connectivity index (χ0) is 17.6. The zero-order valence-corrected chi connectivity index (χ0v) is 15.3. The molecule has 0 fully saturated rings. The second-order valence-corrected chi connectivity index (χ2v) is 6.53. The van der Waals surface area contributed by atoms with Crippen LogP contribution in [0.5, 0.6) is 0 Å². The van der Waals surface area contributed by atoms with Crippen molar-refractivity contribution < 1.29 is 9.53 Å². The molecule has 2 heterocycles. The van der Waals surface area contributed by atoms with Gasteiger partial charge in [0.2, 0.25) is 0 Å². The molecule has 0 radical (unpaired) electrons. The highest BCUT2D eigenvalue weighted by molar-refractivity contribution is 7.96. The molecule has 0 N–H and O–H groups in total. The minimum Gasteiger partial charge on any atom is -0.374 e. The highest BCUT2D eigenvalue weighted by Crippen LogP contribution is 2.25. The monoisotopic (exact) mass is 357 g/mol. The molecule has 0 unspecified atom stereocenters. The number of hydrogen-bond acceptors (Lipinski definition) is 4. The normalized spacial score (nSPS) is 11.4. The lowest BCUT2D eigenvalue weighted by atomic mass is 10.1. The number of pyridine rings is 1. The summed E-state index contributed by atoms with van der Waals surface area (Å²) in [6, 6.07) is 8.14. The van der Waals surface area contributed by atoms with E-state index < -0.39 is 0 Å². The Bertz CT molecular complexity index is 876. The molecular formula is C19H23N3O2S. The van der Waals surface area contributed by atoms with E-state index in [0.717, 1.165) is 53.6 Å². The number of imidazole rings is 1. The minimum atomic E-state index is -0.0396. The van der Waals surface area contributed by atoms with E-state index in [2.05, 4.69) is 28.2 Å². The summed E-state index contributed by atoms with van der Waals surface area (Å²) in [5, 5.41) is 1.07. The maximum absolute atomic E-state index is 11.0. The molecule has 0 aliphatic carbocycles. The summed E-state index contributed by atoms with van der Waals surface area (Å²) in [5.74, 6) is 0.931. The number of unbranched alkanes of at least 4 members (excludes halogenated alkanes) is 2. The first-order valence-electron chi connectivity index (χ1n) is 8.73. The van der Waals surface area contributed by atoms with Gasteiger partial charge in [-0.25, -0.2) is 4.98 Å². The predicted octanol–water partition coefficient (Wildman–Crippen LogP) is 4.14. The molecule has 0 amide bonds. The smallest absolute Gasteiger partial charge is 0.185 e. The Balaban J connectivity index is 1.91. The van der Waals surface area contributed by atoms with Crippen molar-refractivity contribution in [2.45, 2.75) is 45.8 Å². The van der Waals surface area contributed by atoms with Gasteiger partial charge in [0.15, 0.2) is 5.12 Å². The van der Waals surface area contributed by atoms with Crippen LogP contribution < -0.4 is 0 Å². The number of thiol groups is 1. The van der Waals surface area contributed by atoms with Crippen LogP contribution in [0.1, 0.15) is 38.4 Å². The van der Waals surface area contributed by atoms with E-state index >= 15 is 0 Å². The van der Waals surface area contributed by atoms with Gasteiger partial charge in [-0.3, -0.25) is 9.78 Å². The molecule has 6 heteroatoms. The SMILES string of the molecule is CCOCc1nc2cnc3ccccc3c2n1CCCCCC(=O)S. The van der Waals surface area contributed by atoms with E-state index in [0.29, 0.717) is 19.6 Å². The molecule has 0 saturated carbocycles. The number of benzene rings is 1. The van der Waals surface area contributed by atoms with Gasteiger partial charge in [-0.2, -0.15) is 0 Å². The predicted molar refractivity (Wildman–Crippen MR) is 103 cm³/mol. The Hall–Kier alpha value is -1.92. The molecule has 0 saturated heterocycles. The molecule has 0 aliphatic rings. The second-order valence-electron chi connectivity index (χ2n) is 6.03. The molecule has 3 aromatic rings. The molecule has 2 aromatic heterocycles. The van der Waals surface area contributed by atoms with Crippen LogP contribution in [0.3, 0.4) is 0 Å². The van der Waals surface area contributed by atoms with Crippen LogP contribution in [0.2, 0.25) is 0 Å². The number of ether oxygens (including phenoxy) is 1. The number of para-hydroxylation sites is 1. The third-order valence-electron chi connectivity index (χ3n) is 4.27. The van der Waals surface area contributed by atoms with Gasteiger partial charge >= 0.3 is 0 Å². The van der Waals surface area contributed by atoms with Crippen molar-refractivity contribution in [1.29, 1.82) is 0 Å². The number of carbonyl (C=O) groups excluding carboxylic acids is 1. The fourth-order valence-corrected chi connectivity index (χ4v) is 3.24. The summed E-state index contributed by atoms with van der Waals surface area (Å²) in [5.41, 5.74) is 2.99. The van der Waals surface area contributed by atoms with Crippen molar-refractivity contribution >= 4 is 39.7 Å². The van der Waals surface area contributed by atoms with Crippen molar-refractivity contribution in [3.63, 3.8) is 0 Å². The summed E-state index contributed by atoms with van der Waals surface area (Å²) in [4.78, 5) is 20.2. The molecule has 0 atom stereocenters. The number of fused-ring (bicyclic) bond motifs is 3. The Morgan fingerprint density at radius 2 is 2.04 bits per heavy atom. The molecule has 25 heavy (non-hydrogen) atoms. The molecule has 0 bridgehead atoms. The minimum absolute atomic E-state index is 0.0396. The fraction of sp³-hybridized carbons (Fsp3) is 0.421. The van der Waals surface area contributed by atoms with Crippen LogP contribution in [-0.2, 0) is 22.7 Å². The molecular weight excluding hydrogens is 334 g/mol. The molecule has 132 valence electrons. The summed E-state index contributed by atoms with van der Waals surface area (Å²) in [6.45, 7) is 3.99. The number of carbonyl (C=O) groups is 1. The lowest BCUT2D eigenvalue weighted by Crippen LogP contribution is -2.06. The first kappa shape index (κ1) is 17.9. The average Bonchev–Trinajstić information content (AvgIpc) is 2.97. The number of aromatic nitrogens is 3. The van der Waals surface area contributed by atoms with E-state index in [1.807, 2.05) is 31.3 Å². The summed E-state index contributed by atoms with van der Waals surface area (Å²) >= 11 is 3.83. The van der Waals surface area contributed by atoms with Crippen LogP contribution in [0.25, 0.3) is 21.9 Å². The molecule has 3 rings (SSSR count). The van der Waals surface area contributed by atoms with Gasteiger partial charge in [0.1, 0.15) is 17.9 Å². The largest absolute Gasteiger partial charge is 0.374 e. The van der Waals surface area contributed by atoms with Gasteiger partial charge in [0, 0.05) is 25.0 Å². The summed E-state index contributed by atoms with van der Waals surface area (Å²) in [6.07, 6.45) is 5.22. The number of rotatable bonds is 9. The standard InChI is InChI=1S/C19H23N3O2S/c1-2-24-13-17-21-16-12-20-15-9-6-5-8-14(15)19(16)22(17)11-7-3-4-10-18(23)25/h5-6,8-9,12H,2-4,7,10-11,13H2,1H3,(H,23,25). The quantitative estimate of drug-likeness (QED) is 0.462. The zero-order valence-electron chi connectivity index (χ0n) is 14.4. The van der Waals surface area contributed by atoms with E-state index in [-0.39, 0.29) is 5.12 Å². The van der Waals surface area contributed by atoms with Gasteiger partial charge in [-0.15, -0.1) is 12.6 Å². The molecule has 5 nitrogen and oxygen atoms in total. The third kappa shape index (κ3) is 4.19. The maximum Gasteiger partial charge on any atom is 0.185 e. The maximum atomic E-state index is 11.0. The van der Waals surface area contributed by atoms with Gasteiger partial charge in [0.05, 0.1) is 17.2 Å². The van der Waals surface area contributed by atoms with Crippen molar-refractivity contribution in [3.8, 4) is 0 Å². The second kappa shape index (κ2) is 8.45. The Kier molecular flexibility index (Phi) is 6.04. The molecule has 0 aliphatic heterocycles. The van der Waals surface area contributed by atoms with E-state index in [1.165, 1.54) is 0 Å². The third-order valence-corrected chi connectivity index (χ3v) is 4.49. The van der Waals surface area contributed by atoms with Crippen LogP contribution in [0.4, 0.5) is 0 Å². The van der Waals surface area contributed by atoms with Crippen molar-refractivity contribution in [2.24, 2.45) is 0 Å². The Morgan fingerprint density at radius 3 is 2.84 bits per heavy atom. The molecule has 0 spiro atoms. The van der Waals surface area contributed by atoms with E-state index in [1.54, 1.807) is 0 Å². The highest BCUT2D eigenvalue weighted by atomic mass is 32.1. The van der Waals surface area contributed by atoms with Crippen molar-refractivity contribution in [3.05, 3.63) is 36.3 Å².